The highest BCUT2D eigenvalue weighted by atomic mass is 32.2. The number of benzene rings is 1. The second kappa shape index (κ2) is 10.0. The van der Waals surface area contributed by atoms with E-state index in [-0.39, 0.29) is 11.7 Å². The summed E-state index contributed by atoms with van der Waals surface area (Å²) >= 11 is 0. The first kappa shape index (κ1) is 21.0. The number of hydrogen-bond acceptors (Lipinski definition) is 5. The molecular weight excluding hydrogens is 344 g/mol. The van der Waals surface area contributed by atoms with E-state index in [1.165, 1.54) is 17.4 Å². The highest BCUT2D eigenvalue weighted by molar-refractivity contribution is 7.89. The summed E-state index contributed by atoms with van der Waals surface area (Å²) in [5.41, 5.74) is 0.778. The monoisotopic (exact) mass is 370 g/mol. The Hall–Kier alpha value is -2.06. The van der Waals surface area contributed by atoms with Crippen molar-refractivity contribution in [1.29, 1.82) is 0 Å². The van der Waals surface area contributed by atoms with Gasteiger partial charge in [-0.3, -0.25) is 4.79 Å². The summed E-state index contributed by atoms with van der Waals surface area (Å²) in [4.78, 5) is 11.8. The maximum absolute atomic E-state index is 11.8. The van der Waals surface area contributed by atoms with Gasteiger partial charge in [0.2, 0.25) is 15.9 Å². The first-order chi connectivity index (χ1) is 11.8. The molecule has 1 rings (SSSR count). The van der Waals surface area contributed by atoms with Crippen LogP contribution in [-0.2, 0) is 14.8 Å². The standard InChI is InChI=1S/C17H26N2O5S/c1-5-25(21,22)19(2)10-6-9-18-17(20)8-7-14-11-15(23-3)13-16(12-14)24-4/h7-8,11-13H,5-6,9-10H2,1-4H3,(H,18,20)/b8-7+. The molecule has 0 radical (unpaired) electrons. The van der Waals surface area contributed by atoms with Crippen LogP contribution < -0.4 is 14.8 Å². The number of carbonyl (C=O) groups is 1. The summed E-state index contributed by atoms with van der Waals surface area (Å²) in [5, 5.41) is 2.73. The number of ether oxygens (including phenoxy) is 2. The maximum Gasteiger partial charge on any atom is 0.243 e. The zero-order valence-electron chi connectivity index (χ0n) is 15.1. The van der Waals surface area contributed by atoms with Crippen LogP contribution in [0.3, 0.4) is 0 Å². The molecule has 1 amide bonds. The molecule has 0 bridgehead atoms. The third kappa shape index (κ3) is 7.15. The van der Waals surface area contributed by atoms with Gasteiger partial charge in [0, 0.05) is 32.3 Å². The van der Waals surface area contributed by atoms with Gasteiger partial charge in [0.05, 0.1) is 20.0 Å². The van der Waals surface area contributed by atoms with Gasteiger partial charge in [-0.1, -0.05) is 0 Å². The Balaban J connectivity index is 2.48. The predicted molar refractivity (Wildman–Crippen MR) is 98.3 cm³/mol. The molecule has 0 spiro atoms. The van der Waals surface area contributed by atoms with Crippen molar-refractivity contribution in [2.24, 2.45) is 0 Å². The van der Waals surface area contributed by atoms with Crippen molar-refractivity contribution in [3.63, 3.8) is 0 Å². The molecule has 0 saturated carbocycles. The second-order valence-corrected chi connectivity index (χ2v) is 7.71. The van der Waals surface area contributed by atoms with E-state index < -0.39 is 10.0 Å². The van der Waals surface area contributed by atoms with Gasteiger partial charge in [0.25, 0.3) is 0 Å². The summed E-state index contributed by atoms with van der Waals surface area (Å²) in [7, 11) is 1.48. The van der Waals surface area contributed by atoms with Crippen LogP contribution in [-0.4, -0.2) is 58.7 Å². The lowest BCUT2D eigenvalue weighted by atomic mass is 10.2. The summed E-state index contributed by atoms with van der Waals surface area (Å²) < 4.78 is 34.8. The van der Waals surface area contributed by atoms with Crippen LogP contribution in [0, 0.1) is 0 Å². The number of methoxy groups -OCH3 is 2. The van der Waals surface area contributed by atoms with Crippen LogP contribution >= 0.6 is 0 Å². The average Bonchev–Trinajstić information content (AvgIpc) is 2.62. The van der Waals surface area contributed by atoms with Crippen LogP contribution in [0.15, 0.2) is 24.3 Å². The number of rotatable bonds is 10. The van der Waals surface area contributed by atoms with Crippen molar-refractivity contribution in [3.05, 3.63) is 29.8 Å². The third-order valence-corrected chi connectivity index (χ3v) is 5.45. The highest BCUT2D eigenvalue weighted by Crippen LogP contribution is 2.23. The normalized spacial score (nSPS) is 11.7. The lowest BCUT2D eigenvalue weighted by molar-refractivity contribution is -0.116. The van der Waals surface area contributed by atoms with Gasteiger partial charge >= 0.3 is 0 Å². The van der Waals surface area contributed by atoms with Gasteiger partial charge in [-0.25, -0.2) is 12.7 Å². The van der Waals surface area contributed by atoms with E-state index in [0.717, 1.165) is 5.56 Å². The fourth-order valence-corrected chi connectivity index (χ4v) is 2.88. The lowest BCUT2D eigenvalue weighted by Gasteiger charge is -2.15. The molecule has 7 nitrogen and oxygen atoms in total. The van der Waals surface area contributed by atoms with Gasteiger partial charge in [-0.15, -0.1) is 0 Å². The van der Waals surface area contributed by atoms with Gasteiger partial charge < -0.3 is 14.8 Å². The molecule has 140 valence electrons. The van der Waals surface area contributed by atoms with E-state index in [2.05, 4.69) is 5.32 Å². The van der Waals surface area contributed by atoms with E-state index in [4.69, 9.17) is 9.47 Å². The molecule has 1 aromatic rings. The minimum Gasteiger partial charge on any atom is -0.497 e. The van der Waals surface area contributed by atoms with Crippen LogP contribution in [0.2, 0.25) is 0 Å². The van der Waals surface area contributed by atoms with Gasteiger partial charge in [-0.2, -0.15) is 0 Å². The molecule has 0 atom stereocenters. The van der Waals surface area contributed by atoms with Crippen molar-refractivity contribution in [2.45, 2.75) is 13.3 Å². The van der Waals surface area contributed by atoms with E-state index in [1.807, 2.05) is 0 Å². The largest absolute Gasteiger partial charge is 0.497 e. The number of nitrogens with one attached hydrogen (secondary N) is 1. The van der Waals surface area contributed by atoms with E-state index >= 15 is 0 Å². The van der Waals surface area contributed by atoms with Crippen LogP contribution in [0.4, 0.5) is 0 Å². The number of hydrogen-bond donors (Lipinski definition) is 1. The molecule has 25 heavy (non-hydrogen) atoms. The first-order valence-electron chi connectivity index (χ1n) is 7.95. The van der Waals surface area contributed by atoms with E-state index in [9.17, 15) is 13.2 Å². The Morgan fingerprint density at radius 3 is 2.32 bits per heavy atom. The lowest BCUT2D eigenvalue weighted by Crippen LogP contribution is -2.32. The van der Waals surface area contributed by atoms with E-state index in [1.54, 1.807) is 45.4 Å². The van der Waals surface area contributed by atoms with Crippen molar-refractivity contribution in [3.8, 4) is 11.5 Å². The topological polar surface area (TPSA) is 84.9 Å². The molecule has 0 aliphatic carbocycles. The van der Waals surface area contributed by atoms with Crippen molar-refractivity contribution >= 4 is 22.0 Å². The zero-order valence-corrected chi connectivity index (χ0v) is 15.9. The number of amides is 1. The molecule has 0 saturated heterocycles. The Morgan fingerprint density at radius 2 is 1.80 bits per heavy atom. The molecule has 0 aliphatic rings. The van der Waals surface area contributed by atoms with Gasteiger partial charge in [0.15, 0.2) is 0 Å². The molecule has 1 N–H and O–H groups in total. The molecule has 1 aromatic carbocycles. The van der Waals surface area contributed by atoms with Gasteiger partial charge in [0.1, 0.15) is 11.5 Å². The smallest absolute Gasteiger partial charge is 0.243 e. The molecule has 0 fully saturated rings. The number of nitrogens with zero attached hydrogens (tertiary/aromatic N) is 1. The first-order valence-corrected chi connectivity index (χ1v) is 9.56. The minimum absolute atomic E-state index is 0.0720. The Labute approximate surface area is 149 Å². The number of carbonyl (C=O) groups excluding carboxylic acids is 1. The molecule has 0 aliphatic heterocycles. The third-order valence-electron chi connectivity index (χ3n) is 3.59. The Kier molecular flexibility index (Phi) is 8.44. The highest BCUT2D eigenvalue weighted by Gasteiger charge is 2.13. The molecule has 0 heterocycles. The summed E-state index contributed by atoms with van der Waals surface area (Å²) in [6.07, 6.45) is 3.62. The van der Waals surface area contributed by atoms with Crippen molar-refractivity contribution < 1.29 is 22.7 Å². The van der Waals surface area contributed by atoms with Crippen LogP contribution in [0.5, 0.6) is 11.5 Å². The van der Waals surface area contributed by atoms with Gasteiger partial charge in [-0.05, 0) is 37.1 Å². The minimum atomic E-state index is -3.18. The Morgan fingerprint density at radius 1 is 1.20 bits per heavy atom. The molecule has 0 aromatic heterocycles. The SMILES string of the molecule is CCS(=O)(=O)N(C)CCCNC(=O)/C=C/c1cc(OC)cc(OC)c1. The van der Waals surface area contributed by atoms with Crippen LogP contribution in [0.1, 0.15) is 18.9 Å². The summed E-state index contributed by atoms with van der Waals surface area (Å²) in [6.45, 7) is 2.37. The number of sulfonamides is 1. The molecule has 8 heteroatoms. The average molecular weight is 370 g/mol. The van der Waals surface area contributed by atoms with Crippen molar-refractivity contribution in [1.82, 2.24) is 9.62 Å². The fraction of sp³-hybridized carbons (Fsp3) is 0.471. The summed E-state index contributed by atoms with van der Waals surface area (Å²) in [6, 6.07) is 5.33. The summed E-state index contributed by atoms with van der Waals surface area (Å²) in [5.74, 6) is 1.10. The molecule has 0 unspecified atom stereocenters. The van der Waals surface area contributed by atoms with Crippen molar-refractivity contribution in [2.75, 3.05) is 40.1 Å². The fourth-order valence-electron chi connectivity index (χ4n) is 2.03. The predicted octanol–water partition coefficient (Wildman–Crippen LogP) is 1.50. The van der Waals surface area contributed by atoms with E-state index in [0.29, 0.717) is 31.0 Å². The maximum atomic E-state index is 11.8. The zero-order chi connectivity index (χ0) is 18.9. The quantitative estimate of drug-likeness (QED) is 0.498. The molecular formula is C17H26N2O5S. The Bertz CT molecular complexity index is 679. The second-order valence-electron chi connectivity index (χ2n) is 5.35. The van der Waals surface area contributed by atoms with Crippen LogP contribution in [0.25, 0.3) is 6.08 Å².